The summed E-state index contributed by atoms with van der Waals surface area (Å²) in [6.45, 7) is 0.463. The van der Waals surface area contributed by atoms with Crippen LogP contribution in [0, 0.1) is 0 Å². The minimum absolute atomic E-state index is 0.0127. The van der Waals surface area contributed by atoms with Crippen molar-refractivity contribution in [1.82, 2.24) is 10.6 Å². The molecule has 0 rings (SSSR count). The second-order valence-electron chi connectivity index (χ2n) is 4.45. The molecule has 0 bridgehead atoms. The topological polar surface area (TPSA) is 172 Å². The van der Waals surface area contributed by atoms with Crippen LogP contribution in [0.5, 0.6) is 0 Å². The fourth-order valence-corrected chi connectivity index (χ4v) is 1.55. The number of rotatable bonds is 11. The summed E-state index contributed by atoms with van der Waals surface area (Å²) in [5.41, 5.74) is 15.4. The molecule has 22 heavy (non-hydrogen) atoms. The van der Waals surface area contributed by atoms with Crippen LogP contribution in [0.25, 0.3) is 0 Å². The number of ether oxygens (including phenoxy) is 2. The van der Waals surface area contributed by atoms with Crippen molar-refractivity contribution in [2.75, 3.05) is 32.8 Å². The molecule has 0 aliphatic rings. The van der Waals surface area contributed by atoms with Gasteiger partial charge in [-0.1, -0.05) is 6.42 Å². The Morgan fingerprint density at radius 1 is 1.09 bits per heavy atom. The van der Waals surface area contributed by atoms with Gasteiger partial charge in [-0.25, -0.2) is 9.59 Å². The van der Waals surface area contributed by atoms with Crippen molar-refractivity contribution in [2.45, 2.75) is 25.3 Å². The van der Waals surface area contributed by atoms with E-state index in [4.69, 9.17) is 21.9 Å². The molecule has 0 aromatic heterocycles. The number of amides is 3. The van der Waals surface area contributed by atoms with Gasteiger partial charge in [0.2, 0.25) is 5.91 Å². The first-order valence-electron chi connectivity index (χ1n) is 7.02. The van der Waals surface area contributed by atoms with E-state index in [1.54, 1.807) is 0 Å². The van der Waals surface area contributed by atoms with Crippen LogP contribution in [0.4, 0.5) is 9.59 Å². The number of primary amides is 1. The van der Waals surface area contributed by atoms with Crippen LogP contribution < -0.4 is 27.8 Å². The first-order chi connectivity index (χ1) is 10.5. The molecule has 0 radical (unpaired) electrons. The average molecular weight is 319 g/mol. The van der Waals surface area contributed by atoms with E-state index in [1.807, 2.05) is 0 Å². The fourth-order valence-electron chi connectivity index (χ4n) is 1.55. The Hall–Kier alpha value is -2.07. The third-order valence-corrected chi connectivity index (χ3v) is 2.59. The van der Waals surface area contributed by atoms with Crippen molar-refractivity contribution >= 4 is 18.1 Å². The van der Waals surface area contributed by atoms with Gasteiger partial charge in [-0.3, -0.25) is 4.79 Å². The van der Waals surface area contributed by atoms with Gasteiger partial charge in [0.05, 0.1) is 19.1 Å². The molecular formula is C12H25N5O5. The minimum Gasteiger partial charge on any atom is -0.448 e. The zero-order valence-electron chi connectivity index (χ0n) is 12.5. The molecule has 8 N–H and O–H groups in total. The van der Waals surface area contributed by atoms with Gasteiger partial charge < -0.3 is 37.3 Å². The fraction of sp³-hybridized carbons (Fsp3) is 0.750. The Labute approximate surface area is 129 Å². The van der Waals surface area contributed by atoms with Crippen molar-refractivity contribution in [3.05, 3.63) is 0 Å². The van der Waals surface area contributed by atoms with Gasteiger partial charge in [-0.15, -0.1) is 0 Å². The van der Waals surface area contributed by atoms with Crippen molar-refractivity contribution in [1.29, 1.82) is 0 Å². The number of alkyl carbamates (subject to hydrolysis) is 1. The van der Waals surface area contributed by atoms with E-state index in [2.05, 4.69) is 15.4 Å². The van der Waals surface area contributed by atoms with Crippen molar-refractivity contribution in [3.63, 3.8) is 0 Å². The van der Waals surface area contributed by atoms with Crippen LogP contribution in [0.1, 0.15) is 19.3 Å². The molecule has 1 unspecified atom stereocenters. The largest absolute Gasteiger partial charge is 0.448 e. The first kappa shape index (κ1) is 19.9. The van der Waals surface area contributed by atoms with Crippen LogP contribution in [0.15, 0.2) is 0 Å². The molecule has 0 aliphatic heterocycles. The monoisotopic (exact) mass is 319 g/mol. The Morgan fingerprint density at radius 3 is 2.41 bits per heavy atom. The van der Waals surface area contributed by atoms with Gasteiger partial charge in [-0.05, 0) is 19.4 Å². The average Bonchev–Trinajstić information content (AvgIpc) is 2.48. The maximum atomic E-state index is 11.4. The molecular weight excluding hydrogens is 294 g/mol. The second-order valence-corrected chi connectivity index (χ2v) is 4.45. The smallest absolute Gasteiger partial charge is 0.407 e. The molecule has 128 valence electrons. The van der Waals surface area contributed by atoms with Crippen molar-refractivity contribution < 1.29 is 23.9 Å². The summed E-state index contributed by atoms with van der Waals surface area (Å²) >= 11 is 0. The molecule has 3 amide bonds. The molecule has 0 aliphatic carbocycles. The Kier molecular flexibility index (Phi) is 11.5. The molecule has 10 nitrogen and oxygen atoms in total. The Bertz CT molecular complexity index is 353. The highest BCUT2D eigenvalue weighted by Crippen LogP contribution is 2.01. The van der Waals surface area contributed by atoms with E-state index in [-0.39, 0.29) is 38.3 Å². The van der Waals surface area contributed by atoms with Gasteiger partial charge in [0.1, 0.15) is 13.2 Å². The molecule has 0 heterocycles. The third kappa shape index (κ3) is 11.7. The Morgan fingerprint density at radius 2 is 1.82 bits per heavy atom. The maximum absolute atomic E-state index is 11.4. The number of hydrogen-bond donors (Lipinski definition) is 5. The lowest BCUT2D eigenvalue weighted by atomic mass is 10.1. The number of carbonyl (C=O) groups is 3. The third-order valence-electron chi connectivity index (χ3n) is 2.59. The summed E-state index contributed by atoms with van der Waals surface area (Å²) in [4.78, 5) is 33.0. The minimum atomic E-state index is -0.917. The lowest BCUT2D eigenvalue weighted by Crippen LogP contribution is -2.42. The van der Waals surface area contributed by atoms with E-state index in [0.29, 0.717) is 13.0 Å². The van der Waals surface area contributed by atoms with Gasteiger partial charge >= 0.3 is 12.2 Å². The summed E-state index contributed by atoms with van der Waals surface area (Å²) < 4.78 is 9.42. The summed E-state index contributed by atoms with van der Waals surface area (Å²) in [5, 5.41) is 5.04. The first-order valence-corrected chi connectivity index (χ1v) is 7.02. The molecule has 0 aromatic rings. The van der Waals surface area contributed by atoms with Crippen LogP contribution in [0.2, 0.25) is 0 Å². The van der Waals surface area contributed by atoms with E-state index in [1.165, 1.54) is 0 Å². The molecule has 10 heteroatoms. The molecule has 1 atom stereocenters. The molecule has 0 aromatic carbocycles. The summed E-state index contributed by atoms with van der Waals surface area (Å²) in [6, 6.07) is -0.324. The SMILES string of the molecule is NCCCCC(COC(=O)NCCOC(N)=O)NC(=O)CN. The van der Waals surface area contributed by atoms with Gasteiger partial charge in [0.15, 0.2) is 0 Å². The van der Waals surface area contributed by atoms with Crippen LogP contribution >= 0.6 is 0 Å². The van der Waals surface area contributed by atoms with E-state index < -0.39 is 12.2 Å². The lowest BCUT2D eigenvalue weighted by Gasteiger charge is -2.18. The predicted molar refractivity (Wildman–Crippen MR) is 78.8 cm³/mol. The zero-order valence-corrected chi connectivity index (χ0v) is 12.5. The number of unbranched alkanes of at least 4 members (excludes halogenated alkanes) is 1. The van der Waals surface area contributed by atoms with E-state index in [0.717, 1.165) is 12.8 Å². The number of nitrogens with two attached hydrogens (primary N) is 3. The summed E-state index contributed by atoms with van der Waals surface area (Å²) in [7, 11) is 0. The molecule has 0 saturated carbocycles. The lowest BCUT2D eigenvalue weighted by molar-refractivity contribution is -0.120. The molecule has 0 spiro atoms. The predicted octanol–water partition coefficient (Wildman–Crippen LogP) is -1.62. The van der Waals surface area contributed by atoms with Crippen molar-refractivity contribution in [3.8, 4) is 0 Å². The zero-order chi connectivity index (χ0) is 16.8. The number of hydrogen-bond acceptors (Lipinski definition) is 7. The number of carbonyl (C=O) groups excluding carboxylic acids is 3. The van der Waals surface area contributed by atoms with E-state index >= 15 is 0 Å². The van der Waals surface area contributed by atoms with Crippen molar-refractivity contribution in [2.24, 2.45) is 17.2 Å². The molecule has 0 fully saturated rings. The Balaban J connectivity index is 3.99. The standard InChI is InChI=1S/C12H25N5O5/c13-4-2-1-3-9(17-10(18)7-14)8-22-12(20)16-5-6-21-11(15)19/h9H,1-8,13-14H2,(H2,15,19)(H,16,20)(H,17,18). The van der Waals surface area contributed by atoms with Gasteiger partial charge in [0.25, 0.3) is 0 Å². The highest BCUT2D eigenvalue weighted by atomic mass is 16.6. The highest BCUT2D eigenvalue weighted by Gasteiger charge is 2.14. The highest BCUT2D eigenvalue weighted by molar-refractivity contribution is 5.78. The maximum Gasteiger partial charge on any atom is 0.407 e. The van der Waals surface area contributed by atoms with Gasteiger partial charge in [0, 0.05) is 0 Å². The second kappa shape index (κ2) is 12.7. The van der Waals surface area contributed by atoms with E-state index in [9.17, 15) is 14.4 Å². The summed E-state index contributed by atoms with van der Waals surface area (Å²) in [5.74, 6) is -0.323. The van der Waals surface area contributed by atoms with Crippen LogP contribution in [-0.4, -0.2) is 57.0 Å². The van der Waals surface area contributed by atoms with Gasteiger partial charge in [-0.2, -0.15) is 0 Å². The molecule has 0 saturated heterocycles. The quantitative estimate of drug-likeness (QED) is 0.285. The summed E-state index contributed by atoms with van der Waals surface area (Å²) in [6.07, 6.45) is 0.634. The normalized spacial score (nSPS) is 11.4. The number of nitrogens with one attached hydrogen (secondary N) is 2. The van der Waals surface area contributed by atoms with Crippen LogP contribution in [-0.2, 0) is 14.3 Å². The van der Waals surface area contributed by atoms with Crippen LogP contribution in [0.3, 0.4) is 0 Å².